The molecule has 1 fully saturated rings. The van der Waals surface area contributed by atoms with Crippen molar-refractivity contribution in [1.29, 1.82) is 0 Å². The molecule has 82 valence electrons. The quantitative estimate of drug-likeness (QED) is 0.578. The van der Waals surface area contributed by atoms with Gasteiger partial charge in [0.15, 0.2) is 0 Å². The number of hydrogen-bond acceptors (Lipinski definition) is 1. The molecule has 15 heavy (non-hydrogen) atoms. The fourth-order valence-corrected chi connectivity index (χ4v) is 3.98. The molecular weight excluding hydrogens is 224 g/mol. The number of alkyl halides is 1. The minimum Gasteiger partial charge on any atom is -0.382 e. The zero-order valence-electron chi connectivity index (χ0n) is 8.92. The third-order valence-corrected chi connectivity index (χ3v) is 5.27. The van der Waals surface area contributed by atoms with Gasteiger partial charge in [0.05, 0.1) is 9.52 Å². The van der Waals surface area contributed by atoms with Crippen LogP contribution in [0.25, 0.3) is 0 Å². The second-order valence-corrected chi connectivity index (χ2v) is 6.55. The topological polar surface area (TPSA) is 9.23 Å². The fourth-order valence-electron chi connectivity index (χ4n) is 2.00. The van der Waals surface area contributed by atoms with Gasteiger partial charge in [-0.25, -0.2) is 0 Å². The van der Waals surface area contributed by atoms with Crippen molar-refractivity contribution in [2.75, 3.05) is 6.61 Å². The first-order valence-corrected chi connectivity index (χ1v) is 7.69. The lowest BCUT2D eigenvalue weighted by Crippen LogP contribution is -2.33. The first-order valence-electron chi connectivity index (χ1n) is 5.64. The first kappa shape index (κ1) is 11.2. The third kappa shape index (κ3) is 3.33. The van der Waals surface area contributed by atoms with Gasteiger partial charge in [-0.1, -0.05) is 29.5 Å². The van der Waals surface area contributed by atoms with Crippen molar-refractivity contribution in [3.8, 4) is 0 Å². The summed E-state index contributed by atoms with van der Waals surface area (Å²) in [6.45, 7) is 0.970. The van der Waals surface area contributed by atoms with E-state index >= 15 is 0 Å². The standard InChI is InChI=1S/C12H17ClOSi/c13-9-10-4-6-11(7-5-10)15-12-3-1-2-8-14-12/h4-7,12H,1-3,8-9,15H2. The van der Waals surface area contributed by atoms with Crippen LogP contribution in [0.5, 0.6) is 0 Å². The second-order valence-electron chi connectivity index (χ2n) is 4.14. The van der Waals surface area contributed by atoms with E-state index in [-0.39, 0.29) is 9.52 Å². The maximum atomic E-state index is 5.77. The van der Waals surface area contributed by atoms with Crippen LogP contribution >= 0.6 is 11.6 Å². The van der Waals surface area contributed by atoms with E-state index in [1.165, 1.54) is 30.0 Å². The molecular formula is C12H17ClOSi. The van der Waals surface area contributed by atoms with Crippen LogP contribution in [0.2, 0.25) is 0 Å². The number of hydrogen-bond donors (Lipinski definition) is 0. The van der Waals surface area contributed by atoms with Crippen molar-refractivity contribution in [3.63, 3.8) is 0 Å². The summed E-state index contributed by atoms with van der Waals surface area (Å²) < 4.78 is 5.77. The fraction of sp³-hybridized carbons (Fsp3) is 0.500. The monoisotopic (exact) mass is 240 g/mol. The molecule has 1 saturated heterocycles. The van der Waals surface area contributed by atoms with Crippen LogP contribution in [0.3, 0.4) is 0 Å². The lowest BCUT2D eigenvalue weighted by Gasteiger charge is -2.22. The van der Waals surface area contributed by atoms with Crippen LogP contribution in [0, 0.1) is 0 Å². The summed E-state index contributed by atoms with van der Waals surface area (Å²) in [5.74, 6) is 0.613. The number of halogens is 1. The zero-order valence-corrected chi connectivity index (χ0v) is 11.1. The van der Waals surface area contributed by atoms with Gasteiger partial charge in [-0.15, -0.1) is 11.6 Å². The van der Waals surface area contributed by atoms with E-state index < -0.39 is 0 Å². The molecule has 1 heterocycles. The van der Waals surface area contributed by atoms with E-state index in [2.05, 4.69) is 24.3 Å². The summed E-state index contributed by atoms with van der Waals surface area (Å²) in [6, 6.07) is 8.72. The predicted molar refractivity (Wildman–Crippen MR) is 67.8 cm³/mol. The Hall–Kier alpha value is -0.313. The van der Waals surface area contributed by atoms with Crippen LogP contribution in [-0.4, -0.2) is 21.9 Å². The van der Waals surface area contributed by atoms with Crippen LogP contribution in [0.1, 0.15) is 24.8 Å². The largest absolute Gasteiger partial charge is 0.382 e. The van der Waals surface area contributed by atoms with Gasteiger partial charge in [0.25, 0.3) is 0 Å². The molecule has 1 aliphatic rings. The predicted octanol–water partition coefficient (Wildman–Crippen LogP) is 1.75. The van der Waals surface area contributed by atoms with Gasteiger partial charge in [0, 0.05) is 18.2 Å². The Kier molecular flexibility index (Phi) is 4.24. The van der Waals surface area contributed by atoms with Crippen LogP contribution in [0.4, 0.5) is 0 Å². The van der Waals surface area contributed by atoms with Crippen molar-refractivity contribution in [1.82, 2.24) is 0 Å². The minimum atomic E-state index is -0.246. The lowest BCUT2D eigenvalue weighted by molar-refractivity contribution is 0.0660. The SMILES string of the molecule is ClCc1ccc([SiH2]C2CCCCO2)cc1. The molecule has 2 rings (SSSR count). The highest BCUT2D eigenvalue weighted by molar-refractivity contribution is 6.54. The van der Waals surface area contributed by atoms with Crippen molar-refractivity contribution >= 4 is 26.3 Å². The Morgan fingerprint density at radius 1 is 1.27 bits per heavy atom. The second kappa shape index (κ2) is 5.68. The molecule has 1 nitrogen and oxygen atoms in total. The molecule has 0 saturated carbocycles. The summed E-state index contributed by atoms with van der Waals surface area (Å²) in [5.41, 5.74) is 1.78. The smallest absolute Gasteiger partial charge is 0.0887 e. The van der Waals surface area contributed by atoms with E-state index in [1.807, 2.05) is 0 Å². The van der Waals surface area contributed by atoms with Gasteiger partial charge in [-0.05, 0) is 24.8 Å². The lowest BCUT2D eigenvalue weighted by atomic mass is 10.2. The van der Waals surface area contributed by atoms with Crippen LogP contribution < -0.4 is 5.19 Å². The Labute approximate surface area is 98.6 Å². The highest BCUT2D eigenvalue weighted by Crippen LogP contribution is 2.11. The molecule has 0 N–H and O–H groups in total. The molecule has 1 aliphatic heterocycles. The van der Waals surface area contributed by atoms with E-state index in [0.717, 1.165) is 6.61 Å². The highest BCUT2D eigenvalue weighted by atomic mass is 35.5. The molecule has 0 radical (unpaired) electrons. The summed E-state index contributed by atoms with van der Waals surface area (Å²) in [6.07, 6.45) is 3.86. The molecule has 1 unspecified atom stereocenters. The normalized spacial score (nSPS) is 22.3. The van der Waals surface area contributed by atoms with E-state index in [0.29, 0.717) is 11.6 Å². The Morgan fingerprint density at radius 2 is 2.07 bits per heavy atom. The molecule has 0 amide bonds. The maximum Gasteiger partial charge on any atom is 0.0887 e. The van der Waals surface area contributed by atoms with Crippen molar-refractivity contribution < 1.29 is 4.74 Å². The number of benzene rings is 1. The van der Waals surface area contributed by atoms with E-state index in [4.69, 9.17) is 16.3 Å². The Morgan fingerprint density at radius 3 is 2.67 bits per heavy atom. The molecule has 0 aromatic heterocycles. The Balaban J connectivity index is 1.91. The van der Waals surface area contributed by atoms with Crippen molar-refractivity contribution in [3.05, 3.63) is 29.8 Å². The van der Waals surface area contributed by atoms with E-state index in [9.17, 15) is 0 Å². The molecule has 0 bridgehead atoms. The van der Waals surface area contributed by atoms with Crippen LogP contribution in [-0.2, 0) is 10.6 Å². The Bertz CT molecular complexity index is 293. The summed E-state index contributed by atoms with van der Waals surface area (Å²) >= 11 is 5.76. The molecule has 1 atom stereocenters. The van der Waals surface area contributed by atoms with Gasteiger partial charge in [-0.3, -0.25) is 0 Å². The van der Waals surface area contributed by atoms with Gasteiger partial charge >= 0.3 is 0 Å². The van der Waals surface area contributed by atoms with Gasteiger partial charge in [-0.2, -0.15) is 0 Å². The average Bonchev–Trinajstić information content (AvgIpc) is 2.31. The zero-order chi connectivity index (χ0) is 10.5. The van der Waals surface area contributed by atoms with E-state index in [1.54, 1.807) is 0 Å². The molecule has 1 aromatic rings. The molecule has 0 aliphatic carbocycles. The van der Waals surface area contributed by atoms with Crippen molar-refractivity contribution in [2.24, 2.45) is 0 Å². The maximum absolute atomic E-state index is 5.77. The number of ether oxygens (including phenoxy) is 1. The highest BCUT2D eigenvalue weighted by Gasteiger charge is 2.14. The molecule has 1 aromatic carbocycles. The molecule has 0 spiro atoms. The minimum absolute atomic E-state index is 0.246. The van der Waals surface area contributed by atoms with Gasteiger partial charge in [0.2, 0.25) is 0 Å². The van der Waals surface area contributed by atoms with Crippen LogP contribution in [0.15, 0.2) is 24.3 Å². The van der Waals surface area contributed by atoms with Crippen molar-refractivity contribution in [2.45, 2.75) is 30.9 Å². The summed E-state index contributed by atoms with van der Waals surface area (Å²) in [5, 5.41) is 1.50. The summed E-state index contributed by atoms with van der Waals surface area (Å²) in [7, 11) is -0.246. The molecule has 3 heteroatoms. The van der Waals surface area contributed by atoms with Gasteiger partial charge < -0.3 is 4.74 Å². The summed E-state index contributed by atoms with van der Waals surface area (Å²) in [4.78, 5) is 0. The third-order valence-electron chi connectivity index (χ3n) is 2.91. The first-order chi connectivity index (χ1) is 7.38. The number of rotatable bonds is 3. The average molecular weight is 241 g/mol. The van der Waals surface area contributed by atoms with Gasteiger partial charge in [0.1, 0.15) is 0 Å².